The fourth-order valence-electron chi connectivity index (χ4n) is 5.81. The number of hydrogen-bond donors (Lipinski definition) is 1. The molecule has 1 N–H and O–H groups in total. The molecule has 0 radical (unpaired) electrons. The first-order valence-corrected chi connectivity index (χ1v) is 13.9. The number of aromatic nitrogens is 2. The number of rotatable bonds is 6. The minimum Gasteiger partial charge on any atom is -0.457 e. The second-order valence-corrected chi connectivity index (χ2v) is 10.8. The second kappa shape index (κ2) is 10.6. The molecule has 3 heterocycles. The van der Waals surface area contributed by atoms with Gasteiger partial charge in [-0.15, -0.1) is 0 Å². The molecule has 0 saturated carbocycles. The van der Waals surface area contributed by atoms with Crippen LogP contribution in [0.5, 0.6) is 11.5 Å². The van der Waals surface area contributed by atoms with Gasteiger partial charge in [-0.05, 0) is 123 Å². The molecular weight excluding hydrogens is 512 g/mol. The molecule has 0 spiro atoms. The molecule has 0 bridgehead atoms. The molecule has 1 aliphatic heterocycles. The van der Waals surface area contributed by atoms with Crippen molar-refractivity contribution in [2.24, 2.45) is 0 Å². The van der Waals surface area contributed by atoms with Gasteiger partial charge >= 0.3 is 0 Å². The first-order valence-electron chi connectivity index (χ1n) is 13.5. The maximum absolute atomic E-state index is 6.05. The van der Waals surface area contributed by atoms with Crippen molar-refractivity contribution in [2.75, 3.05) is 4.90 Å². The summed E-state index contributed by atoms with van der Waals surface area (Å²) < 4.78 is 8.40. The number of pyridine rings is 1. The summed E-state index contributed by atoms with van der Waals surface area (Å²) in [5.41, 5.74) is 9.21. The third-order valence-corrected chi connectivity index (χ3v) is 7.76. The van der Waals surface area contributed by atoms with Crippen LogP contribution in [0.25, 0.3) is 5.69 Å². The van der Waals surface area contributed by atoms with Crippen LogP contribution in [-0.4, -0.2) is 14.7 Å². The molecule has 0 aliphatic carbocycles. The number of hydrogen-bond acceptors (Lipinski definition) is 3. The summed E-state index contributed by atoms with van der Waals surface area (Å²) in [7, 11) is 0. The molecule has 200 valence electrons. The zero-order chi connectivity index (χ0) is 27.8. The van der Waals surface area contributed by atoms with Crippen LogP contribution in [0.15, 0.2) is 103 Å². The normalized spacial score (nSPS) is 16.7. The summed E-state index contributed by atoms with van der Waals surface area (Å²) in [4.78, 5) is 6.94. The summed E-state index contributed by atoms with van der Waals surface area (Å²) in [6.07, 6.45) is 1.84. The summed E-state index contributed by atoms with van der Waals surface area (Å²) in [6.45, 7) is 8.67. The number of aryl methyl sites for hydroxylation is 3. The van der Waals surface area contributed by atoms with Crippen molar-refractivity contribution in [3.63, 3.8) is 0 Å². The number of thiocarbonyl (C=S) groups is 1. The molecule has 1 aliphatic rings. The molecule has 5 aromatic rings. The summed E-state index contributed by atoms with van der Waals surface area (Å²) >= 11 is 5.97. The van der Waals surface area contributed by atoms with E-state index in [1.165, 1.54) is 33.8 Å². The average molecular weight is 545 g/mol. The lowest BCUT2D eigenvalue weighted by atomic mass is 9.96. The van der Waals surface area contributed by atoms with E-state index in [0.717, 1.165) is 22.9 Å². The van der Waals surface area contributed by atoms with Crippen LogP contribution in [0.1, 0.15) is 45.9 Å². The Bertz CT molecular complexity index is 1640. The van der Waals surface area contributed by atoms with Crippen molar-refractivity contribution >= 4 is 23.0 Å². The molecule has 5 nitrogen and oxygen atoms in total. The average Bonchev–Trinajstić information content (AvgIpc) is 3.44. The van der Waals surface area contributed by atoms with Crippen LogP contribution in [0.4, 0.5) is 5.69 Å². The Kier molecular flexibility index (Phi) is 6.86. The monoisotopic (exact) mass is 544 g/mol. The lowest BCUT2D eigenvalue weighted by molar-refractivity contribution is 0.482. The summed E-state index contributed by atoms with van der Waals surface area (Å²) in [5, 5.41) is 4.26. The maximum atomic E-state index is 6.05. The lowest BCUT2D eigenvalue weighted by Crippen LogP contribution is -2.29. The van der Waals surface area contributed by atoms with Crippen LogP contribution in [0.3, 0.4) is 0 Å². The molecule has 3 aromatic carbocycles. The summed E-state index contributed by atoms with van der Waals surface area (Å²) in [5.74, 6) is 1.58. The Hall–Kier alpha value is -4.42. The predicted molar refractivity (Wildman–Crippen MR) is 166 cm³/mol. The number of anilines is 1. The SMILES string of the molecule is Cc1cc(C)cc(-n2c(C)cc([C@@H]3[C@H](c4ccccn4)NC(=S)N3c3ccc(Oc4ccccc4)cc3)c2C)c1. The molecule has 40 heavy (non-hydrogen) atoms. The van der Waals surface area contributed by atoms with Gasteiger partial charge in [0.2, 0.25) is 0 Å². The van der Waals surface area contributed by atoms with Crippen molar-refractivity contribution in [1.82, 2.24) is 14.9 Å². The fraction of sp³-hybridized carbons (Fsp3) is 0.176. The molecule has 0 unspecified atom stereocenters. The van der Waals surface area contributed by atoms with E-state index in [4.69, 9.17) is 21.9 Å². The molecule has 2 aromatic heterocycles. The topological polar surface area (TPSA) is 42.3 Å². The van der Waals surface area contributed by atoms with Crippen molar-refractivity contribution < 1.29 is 4.74 Å². The van der Waals surface area contributed by atoms with Crippen molar-refractivity contribution in [3.8, 4) is 17.2 Å². The van der Waals surface area contributed by atoms with Crippen LogP contribution in [-0.2, 0) is 0 Å². The lowest BCUT2D eigenvalue weighted by Gasteiger charge is -2.28. The number of ether oxygens (including phenoxy) is 1. The van der Waals surface area contributed by atoms with Gasteiger partial charge in [0.05, 0.1) is 17.8 Å². The largest absolute Gasteiger partial charge is 0.457 e. The van der Waals surface area contributed by atoms with Gasteiger partial charge in [0.1, 0.15) is 11.5 Å². The van der Waals surface area contributed by atoms with E-state index in [9.17, 15) is 0 Å². The van der Waals surface area contributed by atoms with Gasteiger partial charge in [0.15, 0.2) is 5.11 Å². The van der Waals surface area contributed by atoms with E-state index < -0.39 is 0 Å². The summed E-state index contributed by atoms with van der Waals surface area (Å²) in [6, 6.07) is 32.8. The maximum Gasteiger partial charge on any atom is 0.174 e. The van der Waals surface area contributed by atoms with Gasteiger partial charge in [-0.25, -0.2) is 0 Å². The van der Waals surface area contributed by atoms with Gasteiger partial charge < -0.3 is 19.5 Å². The Morgan fingerprint density at radius 1 is 0.750 bits per heavy atom. The van der Waals surface area contributed by atoms with Gasteiger partial charge in [0, 0.05) is 29.0 Å². The van der Waals surface area contributed by atoms with Gasteiger partial charge in [-0.3, -0.25) is 4.98 Å². The molecule has 6 heteroatoms. The Morgan fingerprint density at radius 3 is 2.10 bits per heavy atom. The van der Waals surface area contributed by atoms with Crippen molar-refractivity contribution in [2.45, 2.75) is 39.8 Å². The number of nitrogens with one attached hydrogen (secondary N) is 1. The quantitative estimate of drug-likeness (QED) is 0.219. The zero-order valence-electron chi connectivity index (χ0n) is 23.1. The fourth-order valence-corrected chi connectivity index (χ4v) is 6.16. The van der Waals surface area contributed by atoms with Gasteiger partial charge in [0.25, 0.3) is 0 Å². The minimum atomic E-state index is -0.109. The molecule has 1 fully saturated rings. The standard InChI is InChI=1S/C34H32N4OS/c1-22-18-23(2)20-27(19-22)37-24(3)21-30(25(37)4)33-32(31-12-8-9-17-35-31)36-34(40)38(33)26-13-15-29(16-14-26)39-28-10-6-5-7-11-28/h5-21,32-33H,1-4H3,(H,36,40)/t32-,33+/m0/s1. The predicted octanol–water partition coefficient (Wildman–Crippen LogP) is 8.08. The smallest absolute Gasteiger partial charge is 0.174 e. The van der Waals surface area contributed by atoms with E-state index in [1.807, 2.05) is 60.8 Å². The third kappa shape index (κ3) is 4.87. The number of para-hydroxylation sites is 1. The zero-order valence-corrected chi connectivity index (χ0v) is 23.9. The highest BCUT2D eigenvalue weighted by Gasteiger charge is 2.42. The van der Waals surface area contributed by atoms with Gasteiger partial charge in [-0.1, -0.05) is 30.3 Å². The first kappa shape index (κ1) is 25.8. The Balaban J connectivity index is 1.43. The van der Waals surface area contributed by atoms with E-state index in [2.05, 4.69) is 84.9 Å². The molecule has 2 atom stereocenters. The number of benzene rings is 3. The first-order chi connectivity index (χ1) is 19.4. The molecular formula is C34H32N4OS. The third-order valence-electron chi connectivity index (χ3n) is 7.45. The van der Waals surface area contributed by atoms with E-state index in [0.29, 0.717) is 5.11 Å². The highest BCUT2D eigenvalue weighted by Crippen LogP contribution is 2.44. The second-order valence-electron chi connectivity index (χ2n) is 10.4. The Morgan fingerprint density at radius 2 is 1.43 bits per heavy atom. The van der Waals surface area contributed by atoms with Gasteiger partial charge in [-0.2, -0.15) is 0 Å². The van der Waals surface area contributed by atoms with Crippen LogP contribution in [0, 0.1) is 27.7 Å². The number of nitrogens with zero attached hydrogens (tertiary/aromatic N) is 3. The molecule has 0 amide bonds. The molecule has 1 saturated heterocycles. The van der Waals surface area contributed by atoms with E-state index in [-0.39, 0.29) is 12.1 Å². The van der Waals surface area contributed by atoms with Crippen LogP contribution >= 0.6 is 12.2 Å². The highest BCUT2D eigenvalue weighted by molar-refractivity contribution is 7.80. The van der Waals surface area contributed by atoms with E-state index in [1.54, 1.807) is 0 Å². The van der Waals surface area contributed by atoms with Crippen LogP contribution < -0.4 is 15.0 Å². The van der Waals surface area contributed by atoms with Crippen LogP contribution in [0.2, 0.25) is 0 Å². The Labute approximate surface area is 241 Å². The minimum absolute atomic E-state index is 0.0888. The molecule has 6 rings (SSSR count). The highest BCUT2D eigenvalue weighted by atomic mass is 32.1. The van der Waals surface area contributed by atoms with Crippen molar-refractivity contribution in [3.05, 3.63) is 137 Å². The van der Waals surface area contributed by atoms with E-state index >= 15 is 0 Å². The van der Waals surface area contributed by atoms with Crippen molar-refractivity contribution in [1.29, 1.82) is 0 Å².